The highest BCUT2D eigenvalue weighted by Gasteiger charge is 2.26. The summed E-state index contributed by atoms with van der Waals surface area (Å²) >= 11 is 1.08. The van der Waals surface area contributed by atoms with Crippen LogP contribution >= 0.6 is 11.3 Å². The van der Waals surface area contributed by atoms with Crippen LogP contribution in [0.1, 0.15) is 24.6 Å². The summed E-state index contributed by atoms with van der Waals surface area (Å²) in [7, 11) is -3.91. The number of rotatable bonds is 8. The summed E-state index contributed by atoms with van der Waals surface area (Å²) in [4.78, 5) is 22.5. The second-order valence-corrected chi connectivity index (χ2v) is 7.20. The van der Waals surface area contributed by atoms with Gasteiger partial charge in [-0.3, -0.25) is 9.59 Å². The van der Waals surface area contributed by atoms with Gasteiger partial charge in [0.15, 0.2) is 0 Å². The van der Waals surface area contributed by atoms with E-state index in [1.807, 2.05) is 6.92 Å². The summed E-state index contributed by atoms with van der Waals surface area (Å²) in [5.74, 6) is -2.03. The van der Waals surface area contributed by atoms with Crippen molar-refractivity contribution in [3.05, 3.63) is 17.0 Å². The molecule has 112 valence electrons. The van der Waals surface area contributed by atoms with Gasteiger partial charge in [0.2, 0.25) is 5.91 Å². The average Bonchev–Trinajstić information content (AvgIpc) is 2.83. The molecule has 1 aromatic rings. The third kappa shape index (κ3) is 4.58. The van der Waals surface area contributed by atoms with Gasteiger partial charge in [0.1, 0.15) is 10.3 Å². The number of thiophene rings is 1. The first kappa shape index (κ1) is 16.6. The van der Waals surface area contributed by atoms with E-state index in [1.165, 1.54) is 6.07 Å². The van der Waals surface area contributed by atoms with Crippen LogP contribution in [0, 0.1) is 0 Å². The molecular weight excluding hydrogens is 304 g/mol. The summed E-state index contributed by atoms with van der Waals surface area (Å²) in [6, 6.07) is 1.73. The van der Waals surface area contributed by atoms with Gasteiger partial charge in [0, 0.05) is 11.3 Å². The molecule has 0 radical (unpaired) electrons. The summed E-state index contributed by atoms with van der Waals surface area (Å²) in [5.41, 5.74) is 4.93. The number of hydrogen-bond acceptors (Lipinski definition) is 5. The first-order chi connectivity index (χ1) is 9.26. The highest BCUT2D eigenvalue weighted by atomic mass is 32.2. The van der Waals surface area contributed by atoms with Gasteiger partial charge in [-0.05, 0) is 25.0 Å². The molecule has 1 aromatic heterocycles. The second-order valence-electron chi connectivity index (χ2n) is 4.09. The number of carboxylic acid groups (broad SMARTS) is 1. The molecule has 0 aromatic carbocycles. The molecule has 1 atom stereocenters. The van der Waals surface area contributed by atoms with Gasteiger partial charge in [-0.25, -0.2) is 8.42 Å². The van der Waals surface area contributed by atoms with E-state index in [1.54, 1.807) is 6.07 Å². The Morgan fingerprint density at radius 1 is 1.45 bits per heavy atom. The SMILES string of the molecule is CCc1ccc(S(=O)(=O)NC(CCC(N)=O)C(=O)O)s1. The summed E-state index contributed by atoms with van der Waals surface area (Å²) in [5, 5.41) is 8.97. The minimum absolute atomic E-state index is 0.0553. The lowest BCUT2D eigenvalue weighted by Gasteiger charge is -2.13. The summed E-state index contributed by atoms with van der Waals surface area (Å²) in [6.45, 7) is 1.89. The Labute approximate surface area is 120 Å². The Bertz CT molecular complexity index is 594. The quantitative estimate of drug-likeness (QED) is 0.635. The van der Waals surface area contributed by atoms with E-state index in [4.69, 9.17) is 10.8 Å². The highest BCUT2D eigenvalue weighted by Crippen LogP contribution is 2.22. The predicted molar refractivity (Wildman–Crippen MR) is 73.9 cm³/mol. The van der Waals surface area contributed by atoms with Crippen LogP contribution in [-0.2, 0) is 26.0 Å². The van der Waals surface area contributed by atoms with Crippen molar-refractivity contribution >= 4 is 33.2 Å². The van der Waals surface area contributed by atoms with Gasteiger partial charge in [-0.2, -0.15) is 4.72 Å². The van der Waals surface area contributed by atoms with Gasteiger partial charge >= 0.3 is 5.97 Å². The Morgan fingerprint density at radius 2 is 2.10 bits per heavy atom. The number of aliphatic carboxylic acids is 1. The van der Waals surface area contributed by atoms with Crippen LogP contribution in [0.5, 0.6) is 0 Å². The minimum Gasteiger partial charge on any atom is -0.480 e. The van der Waals surface area contributed by atoms with E-state index in [9.17, 15) is 18.0 Å². The predicted octanol–water partition coefficient (Wildman–Crippen LogP) is 0.308. The molecule has 1 heterocycles. The first-order valence-electron chi connectivity index (χ1n) is 5.88. The molecule has 4 N–H and O–H groups in total. The largest absolute Gasteiger partial charge is 0.480 e. The van der Waals surface area contributed by atoms with Crippen LogP contribution in [0.15, 0.2) is 16.3 Å². The fourth-order valence-electron chi connectivity index (χ4n) is 1.46. The van der Waals surface area contributed by atoms with Crippen LogP contribution in [-0.4, -0.2) is 31.4 Å². The maximum absolute atomic E-state index is 12.0. The lowest BCUT2D eigenvalue weighted by atomic mass is 10.2. The van der Waals surface area contributed by atoms with E-state index in [0.29, 0.717) is 6.42 Å². The van der Waals surface area contributed by atoms with E-state index >= 15 is 0 Å². The van der Waals surface area contributed by atoms with Crippen molar-refractivity contribution in [2.75, 3.05) is 0 Å². The lowest BCUT2D eigenvalue weighted by molar-refractivity contribution is -0.139. The Morgan fingerprint density at radius 3 is 2.55 bits per heavy atom. The molecule has 1 rings (SSSR count). The molecule has 0 aliphatic carbocycles. The Kier molecular flexibility index (Phi) is 5.66. The number of aryl methyl sites for hydroxylation is 1. The van der Waals surface area contributed by atoms with E-state index in [2.05, 4.69) is 4.72 Å². The summed E-state index contributed by atoms with van der Waals surface area (Å²) < 4.78 is 26.2. The molecule has 0 aliphatic rings. The molecule has 0 bridgehead atoms. The van der Waals surface area contributed by atoms with Gasteiger partial charge in [0.25, 0.3) is 10.0 Å². The van der Waals surface area contributed by atoms with Crippen molar-refractivity contribution in [2.45, 2.75) is 36.4 Å². The van der Waals surface area contributed by atoms with E-state index < -0.39 is 27.9 Å². The zero-order chi connectivity index (χ0) is 15.3. The molecule has 7 nitrogen and oxygen atoms in total. The van der Waals surface area contributed by atoms with Gasteiger partial charge < -0.3 is 10.8 Å². The lowest BCUT2D eigenvalue weighted by Crippen LogP contribution is -2.41. The number of nitrogens with two attached hydrogens (primary N) is 1. The molecule has 9 heteroatoms. The number of nitrogens with one attached hydrogen (secondary N) is 1. The van der Waals surface area contributed by atoms with Crippen molar-refractivity contribution in [2.24, 2.45) is 5.73 Å². The van der Waals surface area contributed by atoms with Crippen molar-refractivity contribution in [1.82, 2.24) is 4.72 Å². The molecule has 0 saturated heterocycles. The Balaban J connectivity index is 2.85. The number of sulfonamides is 1. The maximum atomic E-state index is 12.0. The third-order valence-corrected chi connectivity index (χ3v) is 5.72. The second kappa shape index (κ2) is 6.82. The van der Waals surface area contributed by atoms with Crippen molar-refractivity contribution in [3.8, 4) is 0 Å². The third-order valence-electron chi connectivity index (χ3n) is 2.53. The molecule has 0 aliphatic heterocycles. The normalized spacial score (nSPS) is 13.1. The molecular formula is C11H16N2O5S2. The molecule has 0 saturated carbocycles. The Hall–Kier alpha value is -1.45. The van der Waals surface area contributed by atoms with Crippen LogP contribution in [0.2, 0.25) is 0 Å². The zero-order valence-corrected chi connectivity index (χ0v) is 12.5. The van der Waals surface area contributed by atoms with Crippen LogP contribution in [0.4, 0.5) is 0 Å². The molecule has 1 amide bonds. The van der Waals surface area contributed by atoms with Gasteiger partial charge in [-0.15, -0.1) is 11.3 Å². The molecule has 0 spiro atoms. The molecule has 0 fully saturated rings. The number of carbonyl (C=O) groups excluding carboxylic acids is 1. The monoisotopic (exact) mass is 320 g/mol. The van der Waals surface area contributed by atoms with Crippen LogP contribution in [0.25, 0.3) is 0 Å². The summed E-state index contributed by atoms with van der Waals surface area (Å²) in [6.07, 6.45) is 0.310. The van der Waals surface area contributed by atoms with Crippen molar-refractivity contribution < 1.29 is 23.1 Å². The average molecular weight is 320 g/mol. The van der Waals surface area contributed by atoms with Gasteiger partial charge in [-0.1, -0.05) is 6.92 Å². The van der Waals surface area contributed by atoms with E-state index in [-0.39, 0.29) is 17.1 Å². The van der Waals surface area contributed by atoms with Crippen LogP contribution in [0.3, 0.4) is 0 Å². The number of carbonyl (C=O) groups is 2. The minimum atomic E-state index is -3.91. The molecule has 1 unspecified atom stereocenters. The standard InChI is InChI=1S/C11H16N2O5S2/c1-2-7-3-6-10(19-7)20(17,18)13-8(11(15)16)4-5-9(12)14/h3,6,8,13H,2,4-5H2,1H3,(H2,12,14)(H,15,16). The van der Waals surface area contributed by atoms with E-state index in [0.717, 1.165) is 16.2 Å². The van der Waals surface area contributed by atoms with Crippen LogP contribution < -0.4 is 10.5 Å². The number of amides is 1. The fourth-order valence-corrected chi connectivity index (χ4v) is 3.99. The number of primary amides is 1. The highest BCUT2D eigenvalue weighted by molar-refractivity contribution is 7.91. The maximum Gasteiger partial charge on any atom is 0.321 e. The smallest absolute Gasteiger partial charge is 0.321 e. The van der Waals surface area contributed by atoms with Crippen molar-refractivity contribution in [3.63, 3.8) is 0 Å². The number of hydrogen-bond donors (Lipinski definition) is 3. The first-order valence-corrected chi connectivity index (χ1v) is 8.18. The molecule has 20 heavy (non-hydrogen) atoms. The topological polar surface area (TPSA) is 127 Å². The van der Waals surface area contributed by atoms with Crippen molar-refractivity contribution in [1.29, 1.82) is 0 Å². The van der Waals surface area contributed by atoms with Gasteiger partial charge in [0.05, 0.1) is 0 Å². The fraction of sp³-hybridized carbons (Fsp3) is 0.455. The zero-order valence-electron chi connectivity index (χ0n) is 10.8. The number of carboxylic acids is 1.